The molecule has 1 unspecified atom stereocenters. The molecule has 0 saturated carbocycles. The Morgan fingerprint density at radius 1 is 1.35 bits per heavy atom. The Morgan fingerprint density at radius 2 is 2.00 bits per heavy atom. The minimum atomic E-state index is -0.997. The van der Waals surface area contributed by atoms with Crippen molar-refractivity contribution >= 4 is 13.2 Å². The third-order valence-electron chi connectivity index (χ3n) is 5.03. The van der Waals surface area contributed by atoms with E-state index in [1.54, 1.807) is 6.20 Å². The molecule has 1 atom stereocenters. The van der Waals surface area contributed by atoms with Crippen molar-refractivity contribution in [2.45, 2.75) is 51.4 Å². The highest BCUT2D eigenvalue weighted by Crippen LogP contribution is 2.39. The first-order chi connectivity index (χ1) is 10.7. The minimum Gasteiger partial charge on any atom is -0.398 e. The first kappa shape index (κ1) is 16.6. The smallest absolute Gasteiger partial charge is 0.398 e. The molecule has 2 aliphatic heterocycles. The lowest BCUT2D eigenvalue weighted by atomic mass is 9.87. The van der Waals surface area contributed by atoms with Crippen LogP contribution in [0.5, 0.6) is 0 Å². The van der Waals surface area contributed by atoms with E-state index in [0.717, 1.165) is 19.5 Å². The summed E-state index contributed by atoms with van der Waals surface area (Å²) in [7, 11) is 1.08. The second-order valence-corrected chi connectivity index (χ2v) is 7.45. The van der Waals surface area contributed by atoms with Gasteiger partial charge in [-0.15, -0.1) is 5.10 Å². The highest BCUT2D eigenvalue weighted by molar-refractivity contribution is 6.54. The van der Waals surface area contributed by atoms with Crippen LogP contribution in [0.25, 0.3) is 6.08 Å². The van der Waals surface area contributed by atoms with Gasteiger partial charge in [-0.05, 0) is 53.8 Å². The van der Waals surface area contributed by atoms with Crippen LogP contribution in [-0.2, 0) is 9.31 Å². The highest BCUT2D eigenvalue weighted by Gasteiger charge is 2.53. The normalized spacial score (nSPS) is 27.8. The second kappa shape index (κ2) is 5.68. The van der Waals surface area contributed by atoms with Crippen LogP contribution in [0.2, 0.25) is 0 Å². The van der Waals surface area contributed by atoms with E-state index in [1.165, 1.54) is 6.08 Å². The lowest BCUT2D eigenvalue weighted by molar-refractivity contribution is 0.00578. The maximum Gasteiger partial charge on any atom is 0.525 e. The average molecular weight is 322 g/mol. The van der Waals surface area contributed by atoms with E-state index in [0.29, 0.717) is 11.7 Å². The largest absolute Gasteiger partial charge is 0.525 e. The first-order valence-electron chi connectivity index (χ1n) is 8.01. The lowest BCUT2D eigenvalue weighted by Gasteiger charge is -2.32. The summed E-state index contributed by atoms with van der Waals surface area (Å²) < 4.78 is 27.7. The van der Waals surface area contributed by atoms with Gasteiger partial charge in [0.05, 0.1) is 23.4 Å². The molecule has 3 rings (SSSR count). The topological polar surface area (TPSA) is 52.4 Å². The molecule has 0 spiro atoms. The summed E-state index contributed by atoms with van der Waals surface area (Å²) in [5.74, 6) is 0. The van der Waals surface area contributed by atoms with Gasteiger partial charge in [0.1, 0.15) is 11.4 Å². The number of aromatic nitrogens is 3. The Morgan fingerprint density at radius 3 is 2.57 bits per heavy atom. The van der Waals surface area contributed by atoms with Gasteiger partial charge in [0, 0.05) is 6.54 Å². The Labute approximate surface area is 136 Å². The summed E-state index contributed by atoms with van der Waals surface area (Å²) in [4.78, 5) is 2.24. The van der Waals surface area contributed by atoms with Crippen LogP contribution in [0.4, 0.5) is 4.39 Å². The van der Waals surface area contributed by atoms with Crippen LogP contribution in [-0.4, -0.2) is 58.4 Å². The number of likely N-dealkylation sites (tertiary alicyclic amines) is 1. The van der Waals surface area contributed by atoms with Gasteiger partial charge < -0.3 is 14.2 Å². The standard InChI is InChI=1S/C15H24BFN4O2/c1-14(2)15(3,4)23-16(22-14)13(17)8-11-9-21(19-18-11)12-6-7-20(5)10-12/h8-9,12H,6-7,10H2,1-5H3. The monoisotopic (exact) mass is 322 g/mol. The van der Waals surface area contributed by atoms with Crippen LogP contribution in [0.15, 0.2) is 11.9 Å². The van der Waals surface area contributed by atoms with E-state index >= 15 is 0 Å². The summed E-state index contributed by atoms with van der Waals surface area (Å²) in [5.41, 5.74) is -1.13. The lowest BCUT2D eigenvalue weighted by Crippen LogP contribution is -2.41. The van der Waals surface area contributed by atoms with E-state index in [4.69, 9.17) is 9.31 Å². The molecule has 0 amide bonds. The van der Waals surface area contributed by atoms with Crippen LogP contribution in [0, 0.1) is 0 Å². The van der Waals surface area contributed by atoms with E-state index < -0.39 is 24.0 Å². The summed E-state index contributed by atoms with van der Waals surface area (Å²) >= 11 is 0. The van der Waals surface area contributed by atoms with E-state index in [-0.39, 0.29) is 0 Å². The molecule has 1 aromatic rings. The van der Waals surface area contributed by atoms with Crippen molar-refractivity contribution in [3.8, 4) is 0 Å². The van der Waals surface area contributed by atoms with Gasteiger partial charge in [0.2, 0.25) is 0 Å². The van der Waals surface area contributed by atoms with Gasteiger partial charge in [0.25, 0.3) is 0 Å². The van der Waals surface area contributed by atoms with Crippen LogP contribution >= 0.6 is 0 Å². The molecule has 2 fully saturated rings. The summed E-state index contributed by atoms with van der Waals surface area (Å²) in [6.07, 6.45) is 4.14. The molecule has 0 N–H and O–H groups in total. The SMILES string of the molecule is CN1CCC(n2cc(C=C(F)B3OC(C)(C)C(C)(C)O3)nn2)C1. The van der Waals surface area contributed by atoms with E-state index in [1.807, 2.05) is 32.4 Å². The molecule has 0 radical (unpaired) electrons. The number of likely N-dealkylation sites (N-methyl/N-ethyl adjacent to an activating group) is 1. The molecule has 8 heteroatoms. The van der Waals surface area contributed by atoms with Crippen LogP contribution in [0.3, 0.4) is 0 Å². The van der Waals surface area contributed by atoms with Crippen LogP contribution < -0.4 is 0 Å². The molecule has 2 aliphatic rings. The maximum absolute atomic E-state index is 14.5. The van der Waals surface area contributed by atoms with Crippen molar-refractivity contribution in [3.05, 3.63) is 17.6 Å². The zero-order valence-electron chi connectivity index (χ0n) is 14.4. The Hall–Kier alpha value is -1.25. The van der Waals surface area contributed by atoms with Crippen molar-refractivity contribution in [2.75, 3.05) is 20.1 Å². The van der Waals surface area contributed by atoms with Gasteiger partial charge in [-0.25, -0.2) is 9.07 Å². The van der Waals surface area contributed by atoms with Crippen molar-refractivity contribution in [1.82, 2.24) is 19.9 Å². The van der Waals surface area contributed by atoms with Gasteiger partial charge in [-0.2, -0.15) is 0 Å². The summed E-state index contributed by atoms with van der Waals surface area (Å²) in [6.45, 7) is 9.56. The molecular weight excluding hydrogens is 298 g/mol. The second-order valence-electron chi connectivity index (χ2n) is 7.45. The van der Waals surface area contributed by atoms with Gasteiger partial charge in [0.15, 0.2) is 0 Å². The average Bonchev–Trinajstić information content (AvgIpc) is 3.10. The van der Waals surface area contributed by atoms with Gasteiger partial charge in [-0.1, -0.05) is 5.21 Å². The molecule has 1 aromatic heterocycles. The zero-order valence-corrected chi connectivity index (χ0v) is 14.4. The number of halogens is 1. The van der Waals surface area contributed by atoms with E-state index in [2.05, 4.69) is 22.3 Å². The molecule has 0 aliphatic carbocycles. The van der Waals surface area contributed by atoms with E-state index in [9.17, 15) is 4.39 Å². The maximum atomic E-state index is 14.5. The third kappa shape index (κ3) is 3.20. The van der Waals surface area contributed by atoms with Crippen molar-refractivity contribution in [2.24, 2.45) is 0 Å². The fourth-order valence-electron chi connectivity index (χ4n) is 2.83. The molecule has 23 heavy (non-hydrogen) atoms. The van der Waals surface area contributed by atoms with Crippen molar-refractivity contribution in [1.29, 1.82) is 0 Å². The Bertz CT molecular complexity index is 600. The van der Waals surface area contributed by atoms with Gasteiger partial charge >= 0.3 is 7.12 Å². The summed E-state index contributed by atoms with van der Waals surface area (Å²) in [6, 6.07) is 0.301. The van der Waals surface area contributed by atoms with Crippen LogP contribution in [0.1, 0.15) is 45.9 Å². The Kier molecular flexibility index (Phi) is 4.10. The third-order valence-corrected chi connectivity index (χ3v) is 5.03. The zero-order chi connectivity index (χ0) is 16.8. The van der Waals surface area contributed by atoms with Crippen molar-refractivity contribution < 1.29 is 13.7 Å². The number of rotatable bonds is 3. The number of hydrogen-bond acceptors (Lipinski definition) is 5. The molecule has 0 aromatic carbocycles. The predicted octanol–water partition coefficient (Wildman–Crippen LogP) is 2.10. The molecule has 2 saturated heterocycles. The quantitative estimate of drug-likeness (QED) is 0.798. The summed E-state index contributed by atoms with van der Waals surface area (Å²) in [5, 5.41) is 8.15. The van der Waals surface area contributed by atoms with Crippen molar-refractivity contribution in [3.63, 3.8) is 0 Å². The molecular formula is C15H24BFN4O2. The van der Waals surface area contributed by atoms with Gasteiger partial charge in [-0.3, -0.25) is 0 Å². The number of nitrogens with zero attached hydrogens (tertiary/aromatic N) is 4. The molecule has 3 heterocycles. The highest BCUT2D eigenvalue weighted by atomic mass is 19.1. The first-order valence-corrected chi connectivity index (χ1v) is 8.01. The number of hydrogen-bond donors (Lipinski definition) is 0. The fourth-order valence-corrected chi connectivity index (χ4v) is 2.83. The fraction of sp³-hybridized carbons (Fsp3) is 0.733. The Balaban J connectivity index is 1.71. The molecule has 6 nitrogen and oxygen atoms in total. The molecule has 0 bridgehead atoms. The minimum absolute atomic E-state index is 0.301. The molecule has 126 valence electrons. The predicted molar refractivity (Wildman–Crippen MR) is 86.3 cm³/mol.